The fourth-order valence-corrected chi connectivity index (χ4v) is 2.09. The smallest absolute Gasteiger partial charge is 0.338 e. The van der Waals surface area contributed by atoms with Crippen molar-refractivity contribution in [2.24, 2.45) is 0 Å². The van der Waals surface area contributed by atoms with Crippen LogP contribution in [0, 0.1) is 0 Å². The largest absolute Gasteiger partial charge is 0.493 e. The van der Waals surface area contributed by atoms with Gasteiger partial charge in [0.25, 0.3) is 11.8 Å². The summed E-state index contributed by atoms with van der Waals surface area (Å²) in [5, 5.41) is 2.06. The SMILES string of the molecule is CCCCOc1ccc(C(=O)OCC(=O)NC(=O)c2ccco2)cc1OC. The van der Waals surface area contributed by atoms with Crippen molar-refractivity contribution >= 4 is 17.8 Å². The van der Waals surface area contributed by atoms with Crippen LogP contribution in [0.3, 0.4) is 0 Å². The number of esters is 1. The lowest BCUT2D eigenvalue weighted by Gasteiger charge is -2.11. The highest BCUT2D eigenvalue weighted by Gasteiger charge is 2.16. The third-order valence-electron chi connectivity index (χ3n) is 3.49. The number of carbonyl (C=O) groups is 3. The molecule has 0 bridgehead atoms. The standard InChI is InChI=1S/C19H21NO7/c1-3-4-9-25-14-8-7-13(11-16(14)24-2)19(23)27-12-17(21)20-18(22)15-6-5-10-26-15/h5-8,10-11H,3-4,9,12H2,1-2H3,(H,20,21,22). The molecule has 27 heavy (non-hydrogen) atoms. The zero-order valence-electron chi connectivity index (χ0n) is 15.2. The number of unbranched alkanes of at least 4 members (excludes halogenated alkanes) is 1. The molecule has 0 atom stereocenters. The lowest BCUT2D eigenvalue weighted by molar-refractivity contribution is -0.123. The second kappa shape index (κ2) is 10.0. The number of rotatable bonds is 9. The monoisotopic (exact) mass is 375 g/mol. The van der Waals surface area contributed by atoms with Gasteiger partial charge in [-0.2, -0.15) is 0 Å². The minimum atomic E-state index is -0.767. The highest BCUT2D eigenvalue weighted by molar-refractivity contribution is 6.04. The zero-order chi connectivity index (χ0) is 19.6. The van der Waals surface area contributed by atoms with Gasteiger partial charge in [-0.1, -0.05) is 13.3 Å². The van der Waals surface area contributed by atoms with E-state index in [1.165, 1.54) is 37.6 Å². The number of methoxy groups -OCH3 is 1. The lowest BCUT2D eigenvalue weighted by atomic mass is 10.2. The maximum absolute atomic E-state index is 12.1. The Balaban J connectivity index is 1.89. The summed E-state index contributed by atoms with van der Waals surface area (Å²) in [6.45, 7) is 1.99. The average molecular weight is 375 g/mol. The van der Waals surface area contributed by atoms with Crippen LogP contribution in [-0.4, -0.2) is 38.1 Å². The Labute approximate surface area is 156 Å². The highest BCUT2D eigenvalue weighted by Crippen LogP contribution is 2.28. The Kier molecular flexibility index (Phi) is 7.42. The van der Waals surface area contributed by atoms with Crippen LogP contribution in [0.2, 0.25) is 0 Å². The molecule has 144 valence electrons. The first-order chi connectivity index (χ1) is 13.0. The van der Waals surface area contributed by atoms with E-state index in [0.29, 0.717) is 18.1 Å². The van der Waals surface area contributed by atoms with E-state index in [4.69, 9.17) is 18.6 Å². The predicted octanol–water partition coefficient (Wildman–Crippen LogP) is 2.58. The van der Waals surface area contributed by atoms with Gasteiger partial charge in [0.05, 0.1) is 25.5 Å². The summed E-state index contributed by atoms with van der Waals surface area (Å²) in [5.74, 6) is -1.32. The molecule has 0 saturated heterocycles. The van der Waals surface area contributed by atoms with E-state index in [1.54, 1.807) is 6.07 Å². The number of amides is 2. The van der Waals surface area contributed by atoms with E-state index < -0.39 is 24.4 Å². The lowest BCUT2D eigenvalue weighted by Crippen LogP contribution is -2.33. The Morgan fingerprint density at radius 3 is 2.63 bits per heavy atom. The molecule has 0 aliphatic rings. The first-order valence-corrected chi connectivity index (χ1v) is 8.40. The zero-order valence-corrected chi connectivity index (χ0v) is 15.2. The molecule has 1 heterocycles. The maximum atomic E-state index is 12.1. The van der Waals surface area contributed by atoms with Gasteiger partial charge in [0, 0.05) is 0 Å². The molecular weight excluding hydrogens is 354 g/mol. The summed E-state index contributed by atoms with van der Waals surface area (Å²) in [6.07, 6.45) is 3.21. The van der Waals surface area contributed by atoms with Crippen molar-refractivity contribution in [2.75, 3.05) is 20.3 Å². The summed E-state index contributed by atoms with van der Waals surface area (Å²) in [5.41, 5.74) is 0.194. The first kappa shape index (κ1) is 20.0. The van der Waals surface area contributed by atoms with E-state index in [0.717, 1.165) is 12.8 Å². The minimum absolute atomic E-state index is 0.0157. The van der Waals surface area contributed by atoms with Crippen LogP contribution in [0.25, 0.3) is 0 Å². The summed E-state index contributed by atoms with van der Waals surface area (Å²) in [6, 6.07) is 7.51. The molecule has 0 aliphatic heterocycles. The van der Waals surface area contributed by atoms with Gasteiger partial charge < -0.3 is 18.6 Å². The van der Waals surface area contributed by atoms with Crippen molar-refractivity contribution in [3.05, 3.63) is 47.9 Å². The Morgan fingerprint density at radius 1 is 1.15 bits per heavy atom. The van der Waals surface area contributed by atoms with Crippen LogP contribution < -0.4 is 14.8 Å². The van der Waals surface area contributed by atoms with Crippen LogP contribution in [0.4, 0.5) is 0 Å². The van der Waals surface area contributed by atoms with Crippen LogP contribution >= 0.6 is 0 Å². The Bertz CT molecular complexity index is 783. The number of nitrogens with one attached hydrogen (secondary N) is 1. The molecule has 1 N–H and O–H groups in total. The van der Waals surface area contributed by atoms with Crippen molar-refractivity contribution in [2.45, 2.75) is 19.8 Å². The van der Waals surface area contributed by atoms with Gasteiger partial charge in [-0.3, -0.25) is 14.9 Å². The number of ether oxygens (including phenoxy) is 3. The second-order valence-corrected chi connectivity index (χ2v) is 5.50. The minimum Gasteiger partial charge on any atom is -0.493 e. The van der Waals surface area contributed by atoms with Crippen LogP contribution in [0.15, 0.2) is 41.0 Å². The van der Waals surface area contributed by atoms with E-state index in [1.807, 2.05) is 0 Å². The third kappa shape index (κ3) is 5.88. The van der Waals surface area contributed by atoms with Gasteiger partial charge in [-0.25, -0.2) is 4.79 Å². The molecule has 2 aromatic rings. The van der Waals surface area contributed by atoms with Gasteiger partial charge in [0.15, 0.2) is 23.9 Å². The van der Waals surface area contributed by atoms with Crippen LogP contribution in [0.1, 0.15) is 40.7 Å². The number of furan rings is 1. The van der Waals surface area contributed by atoms with Gasteiger partial charge in [-0.05, 0) is 36.8 Å². The molecule has 8 nitrogen and oxygen atoms in total. The number of benzene rings is 1. The summed E-state index contributed by atoms with van der Waals surface area (Å²) >= 11 is 0. The molecule has 0 saturated carbocycles. The topological polar surface area (TPSA) is 104 Å². The average Bonchev–Trinajstić information content (AvgIpc) is 3.21. The van der Waals surface area contributed by atoms with Gasteiger partial charge in [0.1, 0.15) is 0 Å². The van der Waals surface area contributed by atoms with Crippen molar-refractivity contribution in [3.63, 3.8) is 0 Å². The summed E-state index contributed by atoms with van der Waals surface area (Å²) in [7, 11) is 1.46. The van der Waals surface area contributed by atoms with Crippen LogP contribution in [-0.2, 0) is 9.53 Å². The molecule has 2 rings (SSSR count). The number of hydrogen-bond donors (Lipinski definition) is 1. The van der Waals surface area contributed by atoms with Crippen molar-refractivity contribution in [3.8, 4) is 11.5 Å². The molecule has 1 aromatic heterocycles. The molecule has 0 aliphatic carbocycles. The number of hydrogen-bond acceptors (Lipinski definition) is 7. The van der Waals surface area contributed by atoms with E-state index in [2.05, 4.69) is 12.2 Å². The van der Waals surface area contributed by atoms with Crippen molar-refractivity contribution in [1.82, 2.24) is 5.32 Å². The molecule has 1 aromatic carbocycles. The van der Waals surface area contributed by atoms with Gasteiger partial charge in [-0.15, -0.1) is 0 Å². The first-order valence-electron chi connectivity index (χ1n) is 8.40. The summed E-state index contributed by atoms with van der Waals surface area (Å²) in [4.78, 5) is 35.5. The second-order valence-electron chi connectivity index (χ2n) is 5.50. The van der Waals surface area contributed by atoms with E-state index >= 15 is 0 Å². The van der Waals surface area contributed by atoms with Gasteiger partial charge >= 0.3 is 5.97 Å². The number of imide groups is 1. The van der Waals surface area contributed by atoms with Gasteiger partial charge in [0.2, 0.25) is 0 Å². The summed E-state index contributed by atoms with van der Waals surface area (Å²) < 4.78 is 20.6. The molecule has 0 unspecified atom stereocenters. The number of carbonyl (C=O) groups excluding carboxylic acids is 3. The molecule has 8 heteroatoms. The predicted molar refractivity (Wildman–Crippen MR) is 94.9 cm³/mol. The molecule has 0 fully saturated rings. The van der Waals surface area contributed by atoms with E-state index in [-0.39, 0.29) is 11.3 Å². The van der Waals surface area contributed by atoms with Crippen molar-refractivity contribution in [1.29, 1.82) is 0 Å². The Hall–Kier alpha value is -3.29. The van der Waals surface area contributed by atoms with E-state index in [9.17, 15) is 14.4 Å². The molecule has 2 amide bonds. The fraction of sp³-hybridized carbons (Fsp3) is 0.316. The quantitative estimate of drug-likeness (QED) is 0.530. The third-order valence-corrected chi connectivity index (χ3v) is 3.49. The molecule has 0 spiro atoms. The molecular formula is C19H21NO7. The highest BCUT2D eigenvalue weighted by atomic mass is 16.5. The maximum Gasteiger partial charge on any atom is 0.338 e. The molecule has 0 radical (unpaired) electrons. The fourth-order valence-electron chi connectivity index (χ4n) is 2.09. The Morgan fingerprint density at radius 2 is 1.96 bits per heavy atom. The van der Waals surface area contributed by atoms with Crippen molar-refractivity contribution < 1.29 is 33.0 Å². The van der Waals surface area contributed by atoms with Crippen LogP contribution in [0.5, 0.6) is 11.5 Å². The normalized spacial score (nSPS) is 10.1.